The highest BCUT2D eigenvalue weighted by Crippen LogP contribution is 2.36. The Balaban J connectivity index is 1.77. The smallest absolute Gasteiger partial charge is 0.255 e. The van der Waals surface area contributed by atoms with Gasteiger partial charge < -0.3 is 10.1 Å². The van der Waals surface area contributed by atoms with E-state index in [-0.39, 0.29) is 17.7 Å². The van der Waals surface area contributed by atoms with Crippen molar-refractivity contribution < 1.29 is 19.1 Å². The molecule has 2 N–H and O–H groups in total. The predicted molar refractivity (Wildman–Crippen MR) is 102 cm³/mol. The third kappa shape index (κ3) is 3.69. The number of carbonyl (C=O) groups excluding carboxylic acids is 3. The molecule has 1 aliphatic heterocycles. The number of carbonyl (C=O) groups is 3. The molecule has 27 heavy (non-hydrogen) atoms. The van der Waals surface area contributed by atoms with E-state index in [0.717, 1.165) is 5.56 Å². The summed E-state index contributed by atoms with van der Waals surface area (Å²) in [6.45, 7) is 1.94. The molecule has 3 rings (SSSR count). The molecule has 2 aromatic rings. The van der Waals surface area contributed by atoms with Crippen molar-refractivity contribution in [3.8, 4) is 5.75 Å². The van der Waals surface area contributed by atoms with Gasteiger partial charge in [0.15, 0.2) is 0 Å². The maximum atomic E-state index is 12.5. The first kappa shape index (κ1) is 18.6. The van der Waals surface area contributed by atoms with Crippen molar-refractivity contribution in [2.45, 2.75) is 31.6 Å². The van der Waals surface area contributed by atoms with Crippen molar-refractivity contribution in [1.82, 2.24) is 5.32 Å². The highest BCUT2D eigenvalue weighted by molar-refractivity contribution is 6.05. The minimum atomic E-state index is -0.705. The summed E-state index contributed by atoms with van der Waals surface area (Å²) < 4.78 is 5.14. The maximum absolute atomic E-state index is 12.5. The van der Waals surface area contributed by atoms with Crippen molar-refractivity contribution in [2.75, 3.05) is 12.4 Å². The van der Waals surface area contributed by atoms with Gasteiger partial charge in [-0.25, -0.2) is 0 Å². The molecule has 0 unspecified atom stereocenters. The molecule has 1 aliphatic rings. The molecule has 6 nitrogen and oxygen atoms in total. The van der Waals surface area contributed by atoms with Crippen LogP contribution in [0.15, 0.2) is 48.5 Å². The summed E-state index contributed by atoms with van der Waals surface area (Å²) in [6.07, 6.45) is 1.42. The Labute approximate surface area is 157 Å². The molecule has 140 valence electrons. The largest absolute Gasteiger partial charge is 0.497 e. The van der Waals surface area contributed by atoms with Crippen LogP contribution in [0.1, 0.15) is 42.1 Å². The Morgan fingerprint density at radius 3 is 2.56 bits per heavy atom. The van der Waals surface area contributed by atoms with Crippen molar-refractivity contribution in [3.05, 3.63) is 59.7 Å². The van der Waals surface area contributed by atoms with Gasteiger partial charge in [-0.3, -0.25) is 19.7 Å². The average Bonchev–Trinajstić information content (AvgIpc) is 2.69. The van der Waals surface area contributed by atoms with E-state index in [1.807, 2.05) is 19.1 Å². The molecule has 3 amide bonds. The van der Waals surface area contributed by atoms with Gasteiger partial charge in [-0.15, -0.1) is 0 Å². The van der Waals surface area contributed by atoms with E-state index >= 15 is 0 Å². The molecular weight excluding hydrogens is 344 g/mol. The van der Waals surface area contributed by atoms with Gasteiger partial charge in [0.2, 0.25) is 11.8 Å². The van der Waals surface area contributed by atoms with Gasteiger partial charge in [0.25, 0.3) is 5.91 Å². The van der Waals surface area contributed by atoms with Crippen LogP contribution in [-0.4, -0.2) is 24.8 Å². The third-order valence-corrected chi connectivity index (χ3v) is 5.10. The predicted octanol–water partition coefficient (Wildman–Crippen LogP) is 3.03. The first-order chi connectivity index (χ1) is 13.0. The van der Waals surface area contributed by atoms with E-state index in [9.17, 15) is 14.4 Å². The van der Waals surface area contributed by atoms with Crippen molar-refractivity contribution in [3.63, 3.8) is 0 Å². The zero-order chi connectivity index (χ0) is 19.4. The fraction of sp³-hybridized carbons (Fsp3) is 0.286. The molecule has 1 fully saturated rings. The molecule has 0 spiro atoms. The number of hydrogen-bond donors (Lipinski definition) is 2. The van der Waals surface area contributed by atoms with Gasteiger partial charge in [-0.05, 0) is 48.7 Å². The molecule has 0 radical (unpaired) electrons. The summed E-state index contributed by atoms with van der Waals surface area (Å²) in [5, 5.41) is 5.28. The van der Waals surface area contributed by atoms with Gasteiger partial charge in [-0.2, -0.15) is 0 Å². The topological polar surface area (TPSA) is 84.5 Å². The quantitative estimate of drug-likeness (QED) is 0.797. The number of imide groups is 1. The van der Waals surface area contributed by atoms with Crippen LogP contribution in [0, 0.1) is 0 Å². The van der Waals surface area contributed by atoms with Crippen molar-refractivity contribution in [1.29, 1.82) is 0 Å². The van der Waals surface area contributed by atoms with Crippen LogP contribution >= 0.6 is 0 Å². The monoisotopic (exact) mass is 366 g/mol. The lowest BCUT2D eigenvalue weighted by molar-refractivity contribution is -0.138. The van der Waals surface area contributed by atoms with Crippen LogP contribution in [0.4, 0.5) is 5.69 Å². The van der Waals surface area contributed by atoms with Gasteiger partial charge in [-0.1, -0.05) is 25.1 Å². The maximum Gasteiger partial charge on any atom is 0.255 e. The van der Waals surface area contributed by atoms with Crippen LogP contribution in [0.5, 0.6) is 5.75 Å². The van der Waals surface area contributed by atoms with E-state index in [0.29, 0.717) is 36.3 Å². The van der Waals surface area contributed by atoms with Crippen LogP contribution < -0.4 is 15.4 Å². The summed E-state index contributed by atoms with van der Waals surface area (Å²) in [7, 11) is 1.55. The van der Waals surface area contributed by atoms with Crippen LogP contribution in [0.2, 0.25) is 0 Å². The summed E-state index contributed by atoms with van der Waals surface area (Å²) in [5.41, 5.74) is 1.26. The molecule has 1 saturated heterocycles. The second-order valence-electron chi connectivity index (χ2n) is 6.58. The highest BCUT2D eigenvalue weighted by Gasteiger charge is 2.42. The molecule has 0 aromatic heterocycles. The number of ether oxygens (including phenoxy) is 1. The average molecular weight is 366 g/mol. The number of hydrogen-bond acceptors (Lipinski definition) is 4. The number of piperidine rings is 1. The normalized spacial score (nSPS) is 19.3. The summed E-state index contributed by atoms with van der Waals surface area (Å²) in [6, 6.07) is 14.1. The van der Waals surface area contributed by atoms with Gasteiger partial charge >= 0.3 is 0 Å². The molecule has 1 atom stereocenters. The van der Waals surface area contributed by atoms with Crippen molar-refractivity contribution in [2.24, 2.45) is 0 Å². The molecule has 0 bridgehead atoms. The molecule has 0 aliphatic carbocycles. The number of anilines is 1. The fourth-order valence-electron chi connectivity index (χ4n) is 3.41. The molecule has 2 aromatic carbocycles. The van der Waals surface area contributed by atoms with E-state index in [4.69, 9.17) is 4.74 Å². The van der Waals surface area contributed by atoms with Crippen molar-refractivity contribution >= 4 is 23.4 Å². The third-order valence-electron chi connectivity index (χ3n) is 5.10. The Morgan fingerprint density at radius 1 is 1.19 bits per heavy atom. The SMILES string of the molecule is CC[C@@]1(c2ccc(NC(=O)c3cccc(OC)c3)cc2)CCC(=O)NC1=O. The first-order valence-corrected chi connectivity index (χ1v) is 8.89. The Kier molecular flexibility index (Phi) is 5.26. The van der Waals surface area contributed by atoms with E-state index in [1.165, 1.54) is 0 Å². The summed E-state index contributed by atoms with van der Waals surface area (Å²) >= 11 is 0. The Hall–Kier alpha value is -3.15. The number of amides is 3. The van der Waals surface area contributed by atoms with E-state index in [2.05, 4.69) is 10.6 Å². The van der Waals surface area contributed by atoms with Gasteiger partial charge in [0, 0.05) is 17.7 Å². The first-order valence-electron chi connectivity index (χ1n) is 8.89. The van der Waals surface area contributed by atoms with Crippen LogP contribution in [0.25, 0.3) is 0 Å². The lowest BCUT2D eigenvalue weighted by atomic mass is 9.72. The van der Waals surface area contributed by atoms with Gasteiger partial charge in [0.1, 0.15) is 5.75 Å². The number of methoxy groups -OCH3 is 1. The second-order valence-corrected chi connectivity index (χ2v) is 6.58. The summed E-state index contributed by atoms with van der Waals surface area (Å²) in [4.78, 5) is 36.3. The van der Waals surface area contributed by atoms with E-state index in [1.54, 1.807) is 43.5 Å². The Bertz CT molecular complexity index is 876. The van der Waals surface area contributed by atoms with E-state index < -0.39 is 5.41 Å². The van der Waals surface area contributed by atoms with Crippen LogP contribution in [0.3, 0.4) is 0 Å². The number of nitrogens with one attached hydrogen (secondary N) is 2. The lowest BCUT2D eigenvalue weighted by Crippen LogP contribution is -2.51. The second kappa shape index (κ2) is 7.61. The number of benzene rings is 2. The Morgan fingerprint density at radius 2 is 1.93 bits per heavy atom. The molecular formula is C21H22N2O4. The zero-order valence-corrected chi connectivity index (χ0v) is 15.4. The molecule has 0 saturated carbocycles. The zero-order valence-electron chi connectivity index (χ0n) is 15.4. The number of rotatable bonds is 5. The minimum absolute atomic E-state index is 0.230. The highest BCUT2D eigenvalue weighted by atomic mass is 16.5. The fourth-order valence-corrected chi connectivity index (χ4v) is 3.41. The summed E-state index contributed by atoms with van der Waals surface area (Å²) in [5.74, 6) is -0.116. The lowest BCUT2D eigenvalue weighted by Gasteiger charge is -2.35. The van der Waals surface area contributed by atoms with Crippen LogP contribution in [-0.2, 0) is 15.0 Å². The minimum Gasteiger partial charge on any atom is -0.497 e. The van der Waals surface area contributed by atoms with Gasteiger partial charge in [0.05, 0.1) is 12.5 Å². The molecule has 1 heterocycles. The standard InChI is InChI=1S/C21H22N2O4/c1-3-21(12-11-18(24)23-20(21)26)15-7-9-16(10-8-15)22-19(25)14-5-4-6-17(13-14)27-2/h4-10,13H,3,11-12H2,1-2H3,(H,22,25)(H,23,24,26)/t21-/m0/s1. The molecule has 6 heteroatoms.